The fourth-order valence-corrected chi connectivity index (χ4v) is 2.33. The highest BCUT2D eigenvalue weighted by atomic mass is 35.5. The molecule has 104 valence electrons. The van der Waals surface area contributed by atoms with Gasteiger partial charge >= 0.3 is 0 Å². The standard InChI is InChI=1S/C15H9Cl2N3O/c16-10-5-3-7-18-14(10)20-15(21)13-8-11(17)9-4-1-2-6-12(9)19-13/h1-8H,(H,18,20,21). The predicted octanol–water partition coefficient (Wildman–Crippen LogP) is 4.19. The zero-order chi connectivity index (χ0) is 14.8. The highest BCUT2D eigenvalue weighted by Gasteiger charge is 2.13. The summed E-state index contributed by atoms with van der Waals surface area (Å²) >= 11 is 12.1. The summed E-state index contributed by atoms with van der Waals surface area (Å²) in [7, 11) is 0. The van der Waals surface area contributed by atoms with Crippen molar-refractivity contribution in [3.05, 3.63) is 64.4 Å². The van der Waals surface area contributed by atoms with Crippen LogP contribution in [0.15, 0.2) is 48.7 Å². The number of aromatic nitrogens is 2. The monoisotopic (exact) mass is 317 g/mol. The lowest BCUT2D eigenvalue weighted by Gasteiger charge is -2.07. The van der Waals surface area contributed by atoms with Gasteiger partial charge in [0.1, 0.15) is 5.69 Å². The number of carbonyl (C=O) groups is 1. The lowest BCUT2D eigenvalue weighted by atomic mass is 10.2. The van der Waals surface area contributed by atoms with Crippen molar-refractivity contribution in [1.82, 2.24) is 9.97 Å². The number of fused-ring (bicyclic) bond motifs is 1. The van der Waals surface area contributed by atoms with Crippen molar-refractivity contribution in [2.75, 3.05) is 5.32 Å². The molecule has 0 saturated carbocycles. The molecule has 3 aromatic rings. The van der Waals surface area contributed by atoms with Gasteiger partial charge in [0.05, 0.1) is 15.6 Å². The van der Waals surface area contributed by atoms with Gasteiger partial charge in [0.15, 0.2) is 5.82 Å². The first-order chi connectivity index (χ1) is 10.1. The molecule has 1 N–H and O–H groups in total. The Kier molecular flexibility index (Phi) is 3.73. The third-order valence-electron chi connectivity index (χ3n) is 2.89. The molecule has 0 aliphatic rings. The van der Waals surface area contributed by atoms with Gasteiger partial charge in [-0.15, -0.1) is 0 Å². The van der Waals surface area contributed by atoms with Gasteiger partial charge in [0.25, 0.3) is 5.91 Å². The summed E-state index contributed by atoms with van der Waals surface area (Å²) in [6.45, 7) is 0. The van der Waals surface area contributed by atoms with E-state index in [-0.39, 0.29) is 11.5 Å². The van der Waals surface area contributed by atoms with E-state index >= 15 is 0 Å². The van der Waals surface area contributed by atoms with E-state index in [0.717, 1.165) is 5.39 Å². The van der Waals surface area contributed by atoms with Crippen LogP contribution in [0.2, 0.25) is 10.0 Å². The van der Waals surface area contributed by atoms with Gasteiger partial charge in [-0.05, 0) is 24.3 Å². The average molecular weight is 318 g/mol. The van der Waals surface area contributed by atoms with E-state index in [1.165, 1.54) is 6.07 Å². The van der Waals surface area contributed by atoms with Crippen LogP contribution in [0.5, 0.6) is 0 Å². The highest BCUT2D eigenvalue weighted by Crippen LogP contribution is 2.24. The van der Waals surface area contributed by atoms with Crippen LogP contribution in [0.25, 0.3) is 10.9 Å². The van der Waals surface area contributed by atoms with E-state index in [9.17, 15) is 4.79 Å². The van der Waals surface area contributed by atoms with E-state index < -0.39 is 5.91 Å². The molecule has 3 rings (SSSR count). The zero-order valence-corrected chi connectivity index (χ0v) is 12.2. The number of benzene rings is 1. The number of carbonyl (C=O) groups excluding carboxylic acids is 1. The smallest absolute Gasteiger partial charge is 0.275 e. The molecule has 0 spiro atoms. The fraction of sp³-hybridized carbons (Fsp3) is 0. The first-order valence-electron chi connectivity index (χ1n) is 6.12. The second-order valence-corrected chi connectivity index (χ2v) is 5.11. The maximum absolute atomic E-state index is 12.2. The number of nitrogens with one attached hydrogen (secondary N) is 1. The average Bonchev–Trinajstić information content (AvgIpc) is 2.49. The Labute approximate surface area is 130 Å². The SMILES string of the molecule is O=C(Nc1ncccc1Cl)c1cc(Cl)c2ccccc2n1. The molecule has 0 fully saturated rings. The quantitative estimate of drug-likeness (QED) is 0.771. The Morgan fingerprint density at radius 2 is 1.86 bits per heavy atom. The normalized spacial score (nSPS) is 10.6. The molecule has 0 radical (unpaired) electrons. The molecule has 2 aromatic heterocycles. The van der Waals surface area contributed by atoms with Crippen LogP contribution in [0.3, 0.4) is 0 Å². The van der Waals surface area contributed by atoms with Gasteiger partial charge in [0, 0.05) is 11.6 Å². The number of pyridine rings is 2. The molecule has 0 bridgehead atoms. The molecular weight excluding hydrogens is 309 g/mol. The summed E-state index contributed by atoms with van der Waals surface area (Å²) in [4.78, 5) is 20.5. The van der Waals surface area contributed by atoms with Crippen LogP contribution >= 0.6 is 23.2 Å². The Morgan fingerprint density at radius 1 is 1.05 bits per heavy atom. The minimum Gasteiger partial charge on any atom is -0.304 e. The molecule has 1 amide bonds. The fourth-order valence-electron chi connectivity index (χ4n) is 1.90. The molecule has 6 heteroatoms. The van der Waals surface area contributed by atoms with Crippen LogP contribution in [0.1, 0.15) is 10.5 Å². The summed E-state index contributed by atoms with van der Waals surface area (Å²) in [5.74, 6) is -0.126. The van der Waals surface area contributed by atoms with Crippen molar-refractivity contribution in [2.24, 2.45) is 0 Å². The van der Waals surface area contributed by atoms with Gasteiger partial charge in [-0.3, -0.25) is 4.79 Å². The van der Waals surface area contributed by atoms with E-state index in [0.29, 0.717) is 15.6 Å². The maximum atomic E-state index is 12.2. The van der Waals surface area contributed by atoms with Gasteiger partial charge in [0.2, 0.25) is 0 Å². The Morgan fingerprint density at radius 3 is 2.67 bits per heavy atom. The van der Waals surface area contributed by atoms with Gasteiger partial charge in [-0.2, -0.15) is 0 Å². The molecule has 21 heavy (non-hydrogen) atoms. The third kappa shape index (κ3) is 2.82. The van der Waals surface area contributed by atoms with Crippen LogP contribution in [0, 0.1) is 0 Å². The molecule has 0 unspecified atom stereocenters. The first-order valence-corrected chi connectivity index (χ1v) is 6.88. The van der Waals surface area contributed by atoms with Crippen molar-refractivity contribution >= 4 is 45.8 Å². The number of hydrogen-bond donors (Lipinski definition) is 1. The highest BCUT2D eigenvalue weighted by molar-refractivity contribution is 6.36. The Balaban J connectivity index is 1.97. The Hall–Kier alpha value is -2.17. The number of hydrogen-bond acceptors (Lipinski definition) is 3. The number of anilines is 1. The molecule has 0 atom stereocenters. The van der Waals surface area contributed by atoms with Crippen LogP contribution in [-0.4, -0.2) is 15.9 Å². The van der Waals surface area contributed by atoms with Crippen LogP contribution < -0.4 is 5.32 Å². The first kappa shape index (κ1) is 13.8. The van der Waals surface area contributed by atoms with Crippen LogP contribution in [0.4, 0.5) is 5.82 Å². The molecular formula is C15H9Cl2N3O. The van der Waals surface area contributed by atoms with E-state index in [2.05, 4.69) is 15.3 Å². The maximum Gasteiger partial charge on any atom is 0.275 e. The molecule has 2 heterocycles. The van der Waals surface area contributed by atoms with Gasteiger partial charge in [-0.25, -0.2) is 9.97 Å². The predicted molar refractivity (Wildman–Crippen MR) is 84.0 cm³/mol. The minimum atomic E-state index is -0.414. The number of halogens is 2. The van der Waals surface area contributed by atoms with E-state index in [4.69, 9.17) is 23.2 Å². The summed E-state index contributed by atoms with van der Waals surface area (Å²) in [6, 6.07) is 12.2. The number of para-hydroxylation sites is 1. The second-order valence-electron chi connectivity index (χ2n) is 4.29. The second kappa shape index (κ2) is 5.68. The number of amides is 1. The lowest BCUT2D eigenvalue weighted by molar-refractivity contribution is 0.102. The summed E-state index contributed by atoms with van der Waals surface area (Å²) in [6.07, 6.45) is 1.54. The van der Waals surface area contributed by atoms with Crippen molar-refractivity contribution in [1.29, 1.82) is 0 Å². The lowest BCUT2D eigenvalue weighted by Crippen LogP contribution is -2.15. The third-order valence-corrected chi connectivity index (χ3v) is 3.51. The molecule has 4 nitrogen and oxygen atoms in total. The number of nitrogens with zero attached hydrogens (tertiary/aromatic N) is 2. The van der Waals surface area contributed by atoms with Gasteiger partial charge < -0.3 is 5.32 Å². The number of rotatable bonds is 2. The molecule has 0 aliphatic heterocycles. The van der Waals surface area contributed by atoms with Crippen molar-refractivity contribution in [2.45, 2.75) is 0 Å². The van der Waals surface area contributed by atoms with Gasteiger partial charge in [-0.1, -0.05) is 41.4 Å². The summed E-state index contributed by atoms with van der Waals surface area (Å²) in [5.41, 5.74) is 0.864. The zero-order valence-electron chi connectivity index (χ0n) is 10.7. The summed E-state index contributed by atoms with van der Waals surface area (Å²) < 4.78 is 0. The van der Waals surface area contributed by atoms with Crippen molar-refractivity contribution in [3.63, 3.8) is 0 Å². The van der Waals surface area contributed by atoms with E-state index in [1.54, 1.807) is 24.4 Å². The van der Waals surface area contributed by atoms with Crippen molar-refractivity contribution in [3.8, 4) is 0 Å². The molecule has 0 aliphatic carbocycles. The summed E-state index contributed by atoms with van der Waals surface area (Å²) in [5, 5.41) is 4.24. The minimum absolute atomic E-state index is 0.209. The van der Waals surface area contributed by atoms with E-state index in [1.807, 2.05) is 18.2 Å². The van der Waals surface area contributed by atoms with Crippen LogP contribution in [-0.2, 0) is 0 Å². The molecule has 0 saturated heterocycles. The largest absolute Gasteiger partial charge is 0.304 e. The topological polar surface area (TPSA) is 54.9 Å². The van der Waals surface area contributed by atoms with Crippen molar-refractivity contribution < 1.29 is 4.79 Å². The molecule has 1 aromatic carbocycles. The Bertz CT molecular complexity index is 836.